The van der Waals surface area contributed by atoms with Crippen molar-refractivity contribution in [2.75, 3.05) is 20.3 Å². The monoisotopic (exact) mass is 239 g/mol. The van der Waals surface area contributed by atoms with Crippen LogP contribution in [-0.4, -0.2) is 36.1 Å². The van der Waals surface area contributed by atoms with E-state index in [1.54, 1.807) is 0 Å². The molecule has 0 aliphatic carbocycles. The van der Waals surface area contributed by atoms with Gasteiger partial charge in [0.25, 0.3) is 0 Å². The summed E-state index contributed by atoms with van der Waals surface area (Å²) in [6.07, 6.45) is 0. The van der Waals surface area contributed by atoms with E-state index in [2.05, 4.69) is 4.99 Å². The van der Waals surface area contributed by atoms with Crippen molar-refractivity contribution in [3.05, 3.63) is 33.9 Å². The molecule has 1 aromatic carbocycles. The first-order valence-corrected chi connectivity index (χ1v) is 4.83. The molecule has 17 heavy (non-hydrogen) atoms. The lowest BCUT2D eigenvalue weighted by Gasteiger charge is -2.02. The Hall–Kier alpha value is -2.15. The zero-order valence-electron chi connectivity index (χ0n) is 9.29. The highest BCUT2D eigenvalue weighted by molar-refractivity contribution is 5.98. The van der Waals surface area contributed by atoms with Crippen LogP contribution in [0.15, 0.2) is 23.2 Å². The highest BCUT2D eigenvalue weighted by atomic mass is 16.6. The standard InChI is InChI=1S/C10H13N3O4/c1-17-5-4-12-10(11)7-2-3-9(14)8(6-7)13(15)16/h2-3,6,14H,4-5H2,1H3,(H2,11,12). The maximum Gasteiger partial charge on any atom is 0.311 e. The second-order valence-electron chi connectivity index (χ2n) is 3.22. The summed E-state index contributed by atoms with van der Waals surface area (Å²) >= 11 is 0. The van der Waals surface area contributed by atoms with Crippen molar-refractivity contribution in [1.82, 2.24) is 0 Å². The van der Waals surface area contributed by atoms with E-state index < -0.39 is 16.4 Å². The fourth-order valence-corrected chi connectivity index (χ4v) is 1.18. The highest BCUT2D eigenvalue weighted by Gasteiger charge is 2.14. The predicted molar refractivity (Wildman–Crippen MR) is 62.2 cm³/mol. The molecule has 3 N–H and O–H groups in total. The van der Waals surface area contributed by atoms with E-state index in [1.807, 2.05) is 0 Å². The first kappa shape index (κ1) is 12.9. The average molecular weight is 239 g/mol. The van der Waals surface area contributed by atoms with Crippen molar-refractivity contribution in [3.8, 4) is 5.75 Å². The van der Waals surface area contributed by atoms with Crippen LogP contribution in [0.1, 0.15) is 5.56 Å². The number of aliphatic imine (C=N–C) groups is 1. The van der Waals surface area contributed by atoms with E-state index in [0.717, 1.165) is 0 Å². The number of phenolic OH excluding ortho intramolecular Hbond substituents is 1. The van der Waals surface area contributed by atoms with E-state index in [-0.39, 0.29) is 5.84 Å². The summed E-state index contributed by atoms with van der Waals surface area (Å²) in [6, 6.07) is 3.86. The Morgan fingerprint density at radius 1 is 1.65 bits per heavy atom. The van der Waals surface area contributed by atoms with Gasteiger partial charge in [0.15, 0.2) is 5.75 Å². The Morgan fingerprint density at radius 2 is 2.35 bits per heavy atom. The molecule has 0 atom stereocenters. The van der Waals surface area contributed by atoms with Crippen LogP contribution in [-0.2, 0) is 4.74 Å². The summed E-state index contributed by atoms with van der Waals surface area (Å²) in [6.45, 7) is 0.790. The maximum atomic E-state index is 10.6. The topological polar surface area (TPSA) is 111 Å². The lowest BCUT2D eigenvalue weighted by molar-refractivity contribution is -0.385. The Morgan fingerprint density at radius 3 is 2.94 bits per heavy atom. The van der Waals surface area contributed by atoms with E-state index in [9.17, 15) is 15.2 Å². The van der Waals surface area contributed by atoms with Crippen LogP contribution in [0.5, 0.6) is 5.75 Å². The summed E-state index contributed by atoms with van der Waals surface area (Å²) < 4.78 is 4.80. The third kappa shape index (κ3) is 3.42. The number of aromatic hydroxyl groups is 1. The molecule has 0 amide bonds. The molecule has 7 heteroatoms. The summed E-state index contributed by atoms with van der Waals surface area (Å²) in [5.41, 5.74) is 5.64. The molecule has 0 saturated carbocycles. The summed E-state index contributed by atoms with van der Waals surface area (Å²) in [5, 5.41) is 19.9. The van der Waals surface area contributed by atoms with Crippen molar-refractivity contribution in [3.63, 3.8) is 0 Å². The number of ether oxygens (including phenoxy) is 1. The van der Waals surface area contributed by atoms with Crippen molar-refractivity contribution in [2.24, 2.45) is 10.7 Å². The molecular formula is C10H13N3O4. The van der Waals surface area contributed by atoms with Gasteiger partial charge < -0.3 is 15.6 Å². The SMILES string of the molecule is COCCN=C(N)c1ccc(O)c([N+](=O)[O-])c1. The van der Waals surface area contributed by atoms with Crippen LogP contribution in [0.4, 0.5) is 5.69 Å². The van der Waals surface area contributed by atoms with E-state index in [1.165, 1.54) is 25.3 Å². The highest BCUT2D eigenvalue weighted by Crippen LogP contribution is 2.26. The maximum absolute atomic E-state index is 10.6. The van der Waals surface area contributed by atoms with Crippen molar-refractivity contribution >= 4 is 11.5 Å². The Kier molecular flexibility index (Phi) is 4.41. The lowest BCUT2D eigenvalue weighted by Crippen LogP contribution is -2.15. The van der Waals surface area contributed by atoms with Crippen LogP contribution in [0, 0.1) is 10.1 Å². The number of nitro benzene ring substituents is 1. The van der Waals surface area contributed by atoms with Crippen LogP contribution in [0.2, 0.25) is 0 Å². The van der Waals surface area contributed by atoms with Gasteiger partial charge >= 0.3 is 5.69 Å². The fraction of sp³-hybridized carbons (Fsp3) is 0.300. The van der Waals surface area contributed by atoms with Crippen molar-refractivity contribution in [2.45, 2.75) is 0 Å². The van der Waals surface area contributed by atoms with E-state index >= 15 is 0 Å². The fourth-order valence-electron chi connectivity index (χ4n) is 1.18. The minimum atomic E-state index is -0.679. The minimum Gasteiger partial charge on any atom is -0.502 e. The largest absolute Gasteiger partial charge is 0.502 e. The van der Waals surface area contributed by atoms with Gasteiger partial charge in [-0.25, -0.2) is 0 Å². The van der Waals surface area contributed by atoms with Gasteiger partial charge in [0, 0.05) is 18.7 Å². The smallest absolute Gasteiger partial charge is 0.311 e. The molecule has 0 radical (unpaired) electrons. The average Bonchev–Trinajstić information content (AvgIpc) is 2.29. The molecule has 1 rings (SSSR count). The molecule has 0 fully saturated rings. The van der Waals surface area contributed by atoms with Gasteiger partial charge in [0.1, 0.15) is 5.84 Å². The molecule has 0 aliphatic rings. The lowest BCUT2D eigenvalue weighted by atomic mass is 10.1. The van der Waals surface area contributed by atoms with Gasteiger partial charge in [-0.2, -0.15) is 0 Å². The van der Waals surface area contributed by atoms with Crippen molar-refractivity contribution in [1.29, 1.82) is 0 Å². The van der Waals surface area contributed by atoms with Crippen LogP contribution < -0.4 is 5.73 Å². The molecule has 1 aromatic rings. The quantitative estimate of drug-likeness (QED) is 0.257. The van der Waals surface area contributed by atoms with Gasteiger partial charge in [0.05, 0.1) is 18.1 Å². The first-order chi connectivity index (χ1) is 8.06. The molecule has 0 spiro atoms. The predicted octanol–water partition coefficient (Wildman–Crippen LogP) is 0.652. The number of hydrogen-bond acceptors (Lipinski definition) is 5. The number of hydrogen-bond donors (Lipinski definition) is 2. The van der Waals surface area contributed by atoms with Crippen LogP contribution in [0.25, 0.3) is 0 Å². The summed E-state index contributed by atoms with van der Waals surface area (Å²) in [4.78, 5) is 13.9. The van der Waals surface area contributed by atoms with Gasteiger partial charge in [-0.05, 0) is 12.1 Å². The number of phenols is 1. The Balaban J connectivity index is 2.95. The number of nitro groups is 1. The van der Waals surface area contributed by atoms with Gasteiger partial charge in [0.2, 0.25) is 0 Å². The normalized spacial score (nSPS) is 11.5. The van der Waals surface area contributed by atoms with Gasteiger partial charge in [-0.15, -0.1) is 0 Å². The number of nitrogens with two attached hydrogens (primary N) is 1. The van der Waals surface area contributed by atoms with Crippen LogP contribution in [0.3, 0.4) is 0 Å². The molecule has 0 bridgehead atoms. The number of benzene rings is 1. The third-order valence-corrected chi connectivity index (χ3v) is 2.05. The number of rotatable bonds is 5. The molecule has 0 heterocycles. The zero-order chi connectivity index (χ0) is 12.8. The van der Waals surface area contributed by atoms with Crippen molar-refractivity contribution < 1.29 is 14.8 Å². The molecule has 92 valence electrons. The van der Waals surface area contributed by atoms with E-state index in [4.69, 9.17) is 10.5 Å². The number of nitrogens with zero attached hydrogens (tertiary/aromatic N) is 2. The summed E-state index contributed by atoms with van der Waals surface area (Å²) in [7, 11) is 1.54. The Labute approximate surface area is 97.7 Å². The second-order valence-corrected chi connectivity index (χ2v) is 3.22. The zero-order valence-corrected chi connectivity index (χ0v) is 9.29. The minimum absolute atomic E-state index is 0.171. The molecule has 7 nitrogen and oxygen atoms in total. The number of amidine groups is 1. The Bertz CT molecular complexity index is 445. The third-order valence-electron chi connectivity index (χ3n) is 2.05. The van der Waals surface area contributed by atoms with E-state index in [0.29, 0.717) is 18.7 Å². The second kappa shape index (κ2) is 5.80. The number of methoxy groups -OCH3 is 1. The van der Waals surface area contributed by atoms with Gasteiger partial charge in [-0.3, -0.25) is 15.1 Å². The molecular weight excluding hydrogens is 226 g/mol. The van der Waals surface area contributed by atoms with Crippen LogP contribution >= 0.6 is 0 Å². The molecule has 0 saturated heterocycles. The van der Waals surface area contributed by atoms with Gasteiger partial charge in [-0.1, -0.05) is 0 Å². The molecule has 0 aliphatic heterocycles. The first-order valence-electron chi connectivity index (χ1n) is 4.83. The summed E-state index contributed by atoms with van der Waals surface area (Å²) in [5.74, 6) is -0.228. The molecule has 0 aromatic heterocycles. The molecule has 0 unspecified atom stereocenters.